The third kappa shape index (κ3) is 3.93. The Morgan fingerprint density at radius 2 is 2.05 bits per heavy atom. The van der Waals surface area contributed by atoms with Gasteiger partial charge in [0.2, 0.25) is 5.91 Å². The summed E-state index contributed by atoms with van der Waals surface area (Å²) in [6.07, 6.45) is 6.25. The zero-order valence-corrected chi connectivity index (χ0v) is 12.3. The minimum Gasteiger partial charge on any atom is -0.379 e. The summed E-state index contributed by atoms with van der Waals surface area (Å²) in [5.74, 6) is 0.828. The molecule has 19 heavy (non-hydrogen) atoms. The van der Waals surface area contributed by atoms with Gasteiger partial charge in [-0.25, -0.2) is 0 Å². The largest absolute Gasteiger partial charge is 0.379 e. The highest BCUT2D eigenvalue weighted by Gasteiger charge is 2.35. The molecule has 2 fully saturated rings. The molecule has 1 aliphatic carbocycles. The van der Waals surface area contributed by atoms with Crippen molar-refractivity contribution in [3.05, 3.63) is 0 Å². The fourth-order valence-electron chi connectivity index (χ4n) is 3.25. The molecule has 0 aromatic rings. The Labute approximate surface area is 116 Å². The van der Waals surface area contributed by atoms with Gasteiger partial charge in [-0.1, -0.05) is 19.8 Å². The van der Waals surface area contributed by atoms with E-state index in [9.17, 15) is 4.79 Å². The second kappa shape index (κ2) is 7.25. The third-order valence-corrected chi connectivity index (χ3v) is 4.55. The van der Waals surface area contributed by atoms with E-state index in [0.717, 1.165) is 13.0 Å². The Hall–Kier alpha value is -0.610. The third-order valence-electron chi connectivity index (χ3n) is 4.55. The summed E-state index contributed by atoms with van der Waals surface area (Å²) >= 11 is 0. The van der Waals surface area contributed by atoms with Crippen molar-refractivity contribution in [3.8, 4) is 0 Å². The lowest BCUT2D eigenvalue weighted by Crippen LogP contribution is -2.47. The maximum atomic E-state index is 12.4. The molecule has 0 spiro atoms. The van der Waals surface area contributed by atoms with E-state index in [0.29, 0.717) is 25.2 Å². The van der Waals surface area contributed by atoms with Crippen LogP contribution in [0, 0.1) is 11.8 Å². The second-order valence-electron chi connectivity index (χ2n) is 6.05. The molecular weight excluding hydrogens is 240 g/mol. The van der Waals surface area contributed by atoms with Gasteiger partial charge < -0.3 is 15.4 Å². The van der Waals surface area contributed by atoms with Crippen LogP contribution in [0.5, 0.6) is 0 Å². The molecule has 1 saturated heterocycles. The molecule has 2 rings (SSSR count). The Morgan fingerprint density at radius 3 is 2.74 bits per heavy atom. The molecule has 110 valence electrons. The summed E-state index contributed by atoms with van der Waals surface area (Å²) in [6.45, 7) is 6.47. The van der Waals surface area contributed by atoms with Crippen molar-refractivity contribution < 1.29 is 9.53 Å². The lowest BCUT2D eigenvalue weighted by molar-refractivity contribution is -0.126. The number of rotatable bonds is 6. The SMILES string of the molecule is CCCNC1COCC1C(=O)NC(C)C1CCCC1. The molecule has 4 nitrogen and oxygen atoms in total. The van der Waals surface area contributed by atoms with Gasteiger partial charge in [-0.15, -0.1) is 0 Å². The van der Waals surface area contributed by atoms with Crippen molar-refractivity contribution in [1.29, 1.82) is 0 Å². The van der Waals surface area contributed by atoms with Crippen LogP contribution >= 0.6 is 0 Å². The van der Waals surface area contributed by atoms with E-state index in [4.69, 9.17) is 4.74 Å². The van der Waals surface area contributed by atoms with Crippen LogP contribution < -0.4 is 10.6 Å². The number of amides is 1. The summed E-state index contributed by atoms with van der Waals surface area (Å²) in [6, 6.07) is 0.498. The van der Waals surface area contributed by atoms with E-state index in [1.54, 1.807) is 0 Å². The van der Waals surface area contributed by atoms with Crippen molar-refractivity contribution in [1.82, 2.24) is 10.6 Å². The average molecular weight is 268 g/mol. The van der Waals surface area contributed by atoms with E-state index in [1.807, 2.05) is 0 Å². The standard InChI is InChI=1S/C15H28N2O2/c1-3-8-16-14-10-19-9-13(14)15(18)17-11(2)12-6-4-5-7-12/h11-14,16H,3-10H2,1-2H3,(H,17,18). The minimum atomic E-state index is -0.0181. The lowest BCUT2D eigenvalue weighted by atomic mass is 9.97. The summed E-state index contributed by atoms with van der Waals surface area (Å²) in [5, 5.41) is 6.63. The first kappa shape index (κ1) is 14.8. The predicted octanol–water partition coefficient (Wildman–Crippen LogP) is 1.70. The number of carbonyl (C=O) groups excluding carboxylic acids is 1. The smallest absolute Gasteiger partial charge is 0.227 e. The van der Waals surface area contributed by atoms with Gasteiger partial charge in [-0.05, 0) is 38.6 Å². The molecule has 2 N–H and O–H groups in total. The van der Waals surface area contributed by atoms with Crippen LogP contribution in [0.4, 0.5) is 0 Å². The molecule has 3 atom stereocenters. The van der Waals surface area contributed by atoms with Gasteiger partial charge in [-0.2, -0.15) is 0 Å². The molecule has 0 bridgehead atoms. The van der Waals surface area contributed by atoms with Gasteiger partial charge in [0.15, 0.2) is 0 Å². The molecule has 0 aromatic carbocycles. The van der Waals surface area contributed by atoms with Gasteiger partial charge in [0.05, 0.1) is 19.1 Å². The van der Waals surface area contributed by atoms with E-state index < -0.39 is 0 Å². The van der Waals surface area contributed by atoms with E-state index in [-0.39, 0.29) is 17.9 Å². The molecular formula is C15H28N2O2. The highest BCUT2D eigenvalue weighted by atomic mass is 16.5. The number of hydrogen-bond donors (Lipinski definition) is 2. The van der Waals surface area contributed by atoms with Crippen LogP contribution in [-0.2, 0) is 9.53 Å². The van der Waals surface area contributed by atoms with Crippen LogP contribution in [0.1, 0.15) is 46.0 Å². The van der Waals surface area contributed by atoms with E-state index in [2.05, 4.69) is 24.5 Å². The number of ether oxygens (including phenoxy) is 1. The summed E-state index contributed by atoms with van der Waals surface area (Å²) in [5.41, 5.74) is 0. The molecule has 0 radical (unpaired) electrons. The zero-order valence-electron chi connectivity index (χ0n) is 12.3. The first-order valence-corrected chi connectivity index (χ1v) is 7.84. The molecule has 1 heterocycles. The molecule has 1 saturated carbocycles. The fraction of sp³-hybridized carbons (Fsp3) is 0.933. The quantitative estimate of drug-likeness (QED) is 0.771. The van der Waals surface area contributed by atoms with Gasteiger partial charge in [0, 0.05) is 12.1 Å². The molecule has 3 unspecified atom stereocenters. The summed E-state index contributed by atoms with van der Waals surface area (Å²) in [4.78, 5) is 12.4. The zero-order chi connectivity index (χ0) is 13.7. The predicted molar refractivity (Wildman–Crippen MR) is 76.0 cm³/mol. The Kier molecular flexibility index (Phi) is 5.64. The van der Waals surface area contributed by atoms with Crippen LogP contribution in [0.2, 0.25) is 0 Å². The highest BCUT2D eigenvalue weighted by Crippen LogP contribution is 2.27. The van der Waals surface area contributed by atoms with Crippen LogP contribution in [-0.4, -0.2) is 37.7 Å². The van der Waals surface area contributed by atoms with Crippen LogP contribution in [0.15, 0.2) is 0 Å². The summed E-state index contributed by atoms with van der Waals surface area (Å²) in [7, 11) is 0. The Morgan fingerprint density at radius 1 is 1.32 bits per heavy atom. The molecule has 0 aromatic heterocycles. The van der Waals surface area contributed by atoms with Crippen molar-refractivity contribution in [2.45, 2.75) is 58.0 Å². The van der Waals surface area contributed by atoms with Crippen molar-refractivity contribution in [3.63, 3.8) is 0 Å². The first-order valence-electron chi connectivity index (χ1n) is 7.84. The topological polar surface area (TPSA) is 50.4 Å². The van der Waals surface area contributed by atoms with Crippen molar-refractivity contribution in [2.75, 3.05) is 19.8 Å². The monoisotopic (exact) mass is 268 g/mol. The molecule has 2 aliphatic rings. The van der Waals surface area contributed by atoms with Gasteiger partial charge in [-0.3, -0.25) is 4.79 Å². The molecule has 1 amide bonds. The first-order chi connectivity index (χ1) is 9.22. The Bertz CT molecular complexity index is 290. The number of nitrogens with one attached hydrogen (secondary N) is 2. The van der Waals surface area contributed by atoms with Gasteiger partial charge >= 0.3 is 0 Å². The lowest BCUT2D eigenvalue weighted by Gasteiger charge is -2.24. The number of carbonyl (C=O) groups is 1. The maximum Gasteiger partial charge on any atom is 0.227 e. The average Bonchev–Trinajstić information content (AvgIpc) is 3.07. The summed E-state index contributed by atoms with van der Waals surface area (Å²) < 4.78 is 5.47. The maximum absolute atomic E-state index is 12.4. The highest BCUT2D eigenvalue weighted by molar-refractivity contribution is 5.80. The Balaban J connectivity index is 1.80. The van der Waals surface area contributed by atoms with E-state index >= 15 is 0 Å². The van der Waals surface area contributed by atoms with Gasteiger partial charge in [0.25, 0.3) is 0 Å². The van der Waals surface area contributed by atoms with Crippen LogP contribution in [0.25, 0.3) is 0 Å². The van der Waals surface area contributed by atoms with Gasteiger partial charge in [0.1, 0.15) is 0 Å². The molecule has 4 heteroatoms. The van der Waals surface area contributed by atoms with Crippen molar-refractivity contribution >= 4 is 5.91 Å². The second-order valence-corrected chi connectivity index (χ2v) is 6.05. The minimum absolute atomic E-state index is 0.0181. The normalized spacial score (nSPS) is 29.6. The van der Waals surface area contributed by atoms with Crippen LogP contribution in [0.3, 0.4) is 0 Å². The van der Waals surface area contributed by atoms with E-state index in [1.165, 1.54) is 25.7 Å². The molecule has 1 aliphatic heterocycles. The fourth-order valence-corrected chi connectivity index (χ4v) is 3.25. The van der Waals surface area contributed by atoms with Crippen molar-refractivity contribution in [2.24, 2.45) is 11.8 Å². The number of hydrogen-bond acceptors (Lipinski definition) is 3.